The summed E-state index contributed by atoms with van der Waals surface area (Å²) in [6.45, 7) is 0. The van der Waals surface area contributed by atoms with Crippen LogP contribution in [0, 0.1) is 0 Å². The number of carbonyl (C=O) groups is 1. The van der Waals surface area contributed by atoms with E-state index < -0.39 is 23.4 Å². The van der Waals surface area contributed by atoms with Gasteiger partial charge in [-0.3, -0.25) is 0 Å². The summed E-state index contributed by atoms with van der Waals surface area (Å²) in [4.78, 5) is 47.9. The molecule has 0 unspecified atom stereocenters. The van der Waals surface area contributed by atoms with Gasteiger partial charge < -0.3 is 28.6 Å². The monoisotopic (exact) mass is 289 g/mol. The van der Waals surface area contributed by atoms with Gasteiger partial charge in [0.05, 0.1) is 0 Å². The molecule has 0 amide bonds. The first-order chi connectivity index (χ1) is 4.52. The van der Waals surface area contributed by atoms with E-state index in [0.29, 0.717) is 0 Å². The average Bonchev–Trinajstić information content (AvgIpc) is 1.58. The van der Waals surface area contributed by atoms with Gasteiger partial charge in [0.1, 0.15) is 0 Å². The molecular formula is CO7P2Rh-4. The number of carbonyl (C=O) groups excluding carboxylic acids is 1. The Kier molecular flexibility index (Phi) is 9.32. The third-order valence-corrected chi connectivity index (χ3v) is 0.894. The predicted octanol–water partition coefficient (Wildman–Crippen LogP) is -2.97. The van der Waals surface area contributed by atoms with E-state index in [1.54, 1.807) is 0 Å². The first-order valence-corrected chi connectivity index (χ1v) is 3.90. The zero-order chi connectivity index (χ0) is 8.15. The Balaban J connectivity index is 0. The molecule has 0 aromatic heterocycles. The Morgan fingerprint density at radius 3 is 1.45 bits per heavy atom. The van der Waals surface area contributed by atoms with Crippen molar-refractivity contribution < 1.29 is 52.9 Å². The normalized spacial score (nSPS) is 9.27. The maximum atomic E-state index is 9.85. The van der Waals surface area contributed by atoms with E-state index in [0.717, 1.165) is 0 Å². The van der Waals surface area contributed by atoms with Gasteiger partial charge >= 0.3 is 6.16 Å². The van der Waals surface area contributed by atoms with E-state index in [9.17, 15) is 24.4 Å². The van der Waals surface area contributed by atoms with Crippen molar-refractivity contribution in [2.75, 3.05) is 0 Å². The van der Waals surface area contributed by atoms with Crippen molar-refractivity contribution in [3.05, 3.63) is 0 Å². The van der Waals surface area contributed by atoms with Crippen LogP contribution in [0.3, 0.4) is 0 Å². The second kappa shape index (κ2) is 7.25. The molecule has 0 spiro atoms. The van der Waals surface area contributed by atoms with Crippen LogP contribution in [0.1, 0.15) is 0 Å². The predicted molar refractivity (Wildman–Crippen MR) is 21.4 cm³/mol. The van der Waals surface area contributed by atoms with Crippen LogP contribution in [0.25, 0.3) is 0 Å². The summed E-state index contributed by atoms with van der Waals surface area (Å²) in [6, 6.07) is 0. The zero-order valence-corrected chi connectivity index (χ0v) is 8.01. The van der Waals surface area contributed by atoms with Gasteiger partial charge in [-0.1, -0.05) is 17.2 Å². The molecule has 0 atom stereocenters. The van der Waals surface area contributed by atoms with Crippen molar-refractivity contribution in [1.82, 2.24) is 0 Å². The summed E-state index contributed by atoms with van der Waals surface area (Å²) in [5.41, 5.74) is 0. The molecule has 1 radical (unpaired) electrons. The Morgan fingerprint density at radius 2 is 1.27 bits per heavy atom. The van der Waals surface area contributed by atoms with E-state index in [1.165, 1.54) is 0 Å². The van der Waals surface area contributed by atoms with E-state index in [-0.39, 0.29) is 19.5 Å². The molecule has 0 heterocycles. The summed E-state index contributed by atoms with van der Waals surface area (Å²) < 4.78 is 6.54. The molecule has 0 rings (SSSR count). The van der Waals surface area contributed by atoms with Crippen LogP contribution < -0.4 is 19.6 Å². The molecule has 0 aliphatic rings. The smallest absolute Gasteiger partial charge is 0.508 e. The summed E-state index contributed by atoms with van der Waals surface area (Å²) in [7, 11) is -6.82. The molecule has 0 saturated carbocycles. The van der Waals surface area contributed by atoms with E-state index in [1.807, 2.05) is 0 Å². The van der Waals surface area contributed by atoms with Crippen LogP contribution in [-0.4, -0.2) is 6.16 Å². The SMILES string of the molecule is O=C(OP([O-])[O-])OP([O-])[O-].[Rh]. The molecule has 10 heteroatoms. The minimum atomic E-state index is -3.41. The van der Waals surface area contributed by atoms with Crippen molar-refractivity contribution in [2.45, 2.75) is 0 Å². The van der Waals surface area contributed by atoms with Crippen molar-refractivity contribution in [2.24, 2.45) is 0 Å². The Bertz CT molecular complexity index is 103. The minimum absolute atomic E-state index is 0. The molecule has 0 bridgehead atoms. The molecule has 0 N–H and O–H groups in total. The Labute approximate surface area is 76.7 Å². The molecule has 7 nitrogen and oxygen atoms in total. The first-order valence-electron chi connectivity index (χ1n) is 1.71. The topological polar surface area (TPSA) is 128 Å². The molecule has 0 aliphatic carbocycles. The van der Waals surface area contributed by atoms with Gasteiger partial charge in [-0.25, -0.2) is 4.79 Å². The Hall–Kier alpha value is 0.593. The second-order valence-electron chi connectivity index (χ2n) is 0.880. The fourth-order valence-corrected chi connectivity index (χ4v) is 0.515. The van der Waals surface area contributed by atoms with Crippen molar-refractivity contribution in [3.63, 3.8) is 0 Å². The van der Waals surface area contributed by atoms with Crippen LogP contribution in [-0.2, 0) is 28.5 Å². The fraction of sp³-hybridized carbons (Fsp3) is 0. The largest absolute Gasteiger partial charge is 0.810 e. The minimum Gasteiger partial charge on any atom is -0.810 e. The van der Waals surface area contributed by atoms with Crippen LogP contribution in [0.4, 0.5) is 4.79 Å². The number of hydrogen-bond donors (Lipinski definition) is 0. The second-order valence-corrected chi connectivity index (χ2v) is 2.14. The molecule has 0 aliphatic heterocycles. The molecule has 11 heavy (non-hydrogen) atoms. The third-order valence-electron chi connectivity index (χ3n) is 0.298. The van der Waals surface area contributed by atoms with E-state index in [4.69, 9.17) is 0 Å². The van der Waals surface area contributed by atoms with Crippen molar-refractivity contribution in [1.29, 1.82) is 0 Å². The number of hydrogen-bond acceptors (Lipinski definition) is 7. The summed E-state index contributed by atoms with van der Waals surface area (Å²) in [5.74, 6) is 0. The van der Waals surface area contributed by atoms with Crippen LogP contribution in [0.15, 0.2) is 0 Å². The van der Waals surface area contributed by atoms with Gasteiger partial charge in [-0.2, -0.15) is 0 Å². The summed E-state index contributed by atoms with van der Waals surface area (Å²) >= 11 is 0. The van der Waals surface area contributed by atoms with Crippen molar-refractivity contribution in [3.8, 4) is 0 Å². The van der Waals surface area contributed by atoms with E-state index >= 15 is 0 Å². The fourth-order valence-electron chi connectivity index (χ4n) is 0.138. The maximum absolute atomic E-state index is 9.85. The van der Waals surface area contributed by atoms with Gasteiger partial charge in [0.2, 0.25) is 0 Å². The first kappa shape index (κ1) is 14.1. The standard InChI is InChI=1S/CO7P2.Rh/c2-1(7-9(3)4)8-10(5)6;/q-4;. The van der Waals surface area contributed by atoms with Gasteiger partial charge in [0.15, 0.2) is 0 Å². The summed E-state index contributed by atoms with van der Waals surface area (Å²) in [5, 5.41) is 0. The van der Waals surface area contributed by atoms with Crippen LogP contribution in [0.2, 0.25) is 0 Å². The van der Waals surface area contributed by atoms with Crippen molar-refractivity contribution >= 4 is 23.4 Å². The molecule has 0 saturated heterocycles. The molecule has 69 valence electrons. The third kappa shape index (κ3) is 10.6. The molecule has 0 aromatic rings. The number of rotatable bonds is 2. The average molecular weight is 289 g/mol. The van der Waals surface area contributed by atoms with Crippen LogP contribution in [0.5, 0.6) is 0 Å². The Morgan fingerprint density at radius 1 is 1.00 bits per heavy atom. The molecule has 0 aromatic carbocycles. The molecular weight excluding hydrogens is 289 g/mol. The quantitative estimate of drug-likeness (QED) is 0.392. The van der Waals surface area contributed by atoms with Gasteiger partial charge in [0, 0.05) is 19.5 Å². The van der Waals surface area contributed by atoms with E-state index in [2.05, 4.69) is 9.05 Å². The van der Waals surface area contributed by atoms with Gasteiger partial charge in [-0.15, -0.1) is 0 Å². The molecule has 0 fully saturated rings. The zero-order valence-electron chi connectivity index (χ0n) is 4.59. The van der Waals surface area contributed by atoms with Crippen LogP contribution >= 0.6 is 17.2 Å². The van der Waals surface area contributed by atoms with Gasteiger partial charge in [-0.05, 0) is 0 Å². The van der Waals surface area contributed by atoms with Gasteiger partial charge in [0.25, 0.3) is 0 Å². The summed E-state index contributed by atoms with van der Waals surface area (Å²) in [6.07, 6.45) is -1.78. The maximum Gasteiger partial charge on any atom is 0.508 e.